The van der Waals surface area contributed by atoms with Crippen LogP contribution in [-0.2, 0) is 10.1 Å². The third kappa shape index (κ3) is 3.46. The quantitative estimate of drug-likeness (QED) is 0.640. The van der Waals surface area contributed by atoms with Crippen molar-refractivity contribution < 1.29 is 17.4 Å². The summed E-state index contributed by atoms with van der Waals surface area (Å²) in [7, 11) is -4.00. The number of Topliss-reactive ketones (excluding diaryl/α,β-unsaturated/α-hetero) is 1. The van der Waals surface area contributed by atoms with E-state index < -0.39 is 10.1 Å². The zero-order valence-electron chi connectivity index (χ0n) is 11.1. The highest BCUT2D eigenvalue weighted by Crippen LogP contribution is 2.20. The van der Waals surface area contributed by atoms with Gasteiger partial charge in [0, 0.05) is 5.56 Å². The van der Waals surface area contributed by atoms with E-state index in [4.69, 9.17) is 9.44 Å². The fraction of sp³-hybridized carbons (Fsp3) is 0.0667. The molecule has 6 heteroatoms. The molecule has 0 amide bonds. The Kier molecular flexibility index (Phi) is 4.05. The minimum Gasteiger partial charge on any atom is -0.379 e. The van der Waals surface area contributed by atoms with Crippen molar-refractivity contribution >= 4 is 15.9 Å². The topological polar surface area (TPSA) is 84.2 Å². The molecular formula is C15H11NO4S. The van der Waals surface area contributed by atoms with Gasteiger partial charge in [-0.15, -0.1) is 0 Å². The molecule has 0 saturated carbocycles. The van der Waals surface area contributed by atoms with Crippen molar-refractivity contribution in [2.75, 3.05) is 0 Å². The Labute approximate surface area is 122 Å². The van der Waals surface area contributed by atoms with Gasteiger partial charge in [0.2, 0.25) is 0 Å². The molecule has 0 heterocycles. The summed E-state index contributed by atoms with van der Waals surface area (Å²) in [4.78, 5) is 11.1. The number of nitrogens with zero attached hydrogens (tertiary/aromatic N) is 1. The van der Waals surface area contributed by atoms with Crippen LogP contribution in [0.4, 0.5) is 0 Å². The Balaban J connectivity index is 2.29. The first-order valence-corrected chi connectivity index (χ1v) is 7.39. The van der Waals surface area contributed by atoms with Crippen LogP contribution in [-0.4, -0.2) is 14.2 Å². The standard InChI is InChI=1S/C15H11NO4S/c1-11(17)13-5-7-15(8-6-13)21(18,19)20-14-4-2-3-12(9-14)10-16/h2-9H,1H3. The highest BCUT2D eigenvalue weighted by atomic mass is 32.2. The van der Waals surface area contributed by atoms with Crippen LogP contribution in [0.1, 0.15) is 22.8 Å². The summed E-state index contributed by atoms with van der Waals surface area (Å²) >= 11 is 0. The van der Waals surface area contributed by atoms with E-state index >= 15 is 0 Å². The lowest BCUT2D eigenvalue weighted by Gasteiger charge is -2.07. The zero-order chi connectivity index (χ0) is 15.5. The van der Waals surface area contributed by atoms with Crippen LogP contribution < -0.4 is 4.18 Å². The van der Waals surface area contributed by atoms with Crippen molar-refractivity contribution in [3.63, 3.8) is 0 Å². The lowest BCUT2D eigenvalue weighted by Crippen LogP contribution is -2.10. The first-order chi connectivity index (χ1) is 9.92. The zero-order valence-corrected chi connectivity index (χ0v) is 11.9. The van der Waals surface area contributed by atoms with E-state index in [-0.39, 0.29) is 16.4 Å². The first-order valence-electron chi connectivity index (χ1n) is 5.98. The number of ketones is 1. The Hall–Kier alpha value is -2.65. The molecule has 21 heavy (non-hydrogen) atoms. The van der Waals surface area contributed by atoms with Crippen LogP contribution in [0.2, 0.25) is 0 Å². The largest absolute Gasteiger partial charge is 0.379 e. The molecule has 0 N–H and O–H groups in total. The van der Waals surface area contributed by atoms with Gasteiger partial charge in [0.05, 0.1) is 11.6 Å². The highest BCUT2D eigenvalue weighted by molar-refractivity contribution is 7.87. The van der Waals surface area contributed by atoms with E-state index in [0.717, 1.165) is 0 Å². The van der Waals surface area contributed by atoms with Gasteiger partial charge >= 0.3 is 10.1 Å². The summed E-state index contributed by atoms with van der Waals surface area (Å²) in [6.07, 6.45) is 0. The fourth-order valence-electron chi connectivity index (χ4n) is 1.65. The van der Waals surface area contributed by atoms with E-state index in [1.54, 1.807) is 6.07 Å². The molecule has 5 nitrogen and oxygen atoms in total. The third-order valence-corrected chi connectivity index (χ3v) is 3.98. The summed E-state index contributed by atoms with van der Waals surface area (Å²) in [6, 6.07) is 13.2. The number of carbonyl (C=O) groups excluding carboxylic acids is 1. The molecule has 0 bridgehead atoms. The van der Waals surface area contributed by atoms with E-state index in [9.17, 15) is 13.2 Å². The predicted molar refractivity (Wildman–Crippen MR) is 75.4 cm³/mol. The predicted octanol–water partition coefficient (Wildman–Crippen LogP) is 2.53. The first kappa shape index (κ1) is 14.8. The lowest BCUT2D eigenvalue weighted by atomic mass is 10.2. The number of benzene rings is 2. The maximum atomic E-state index is 12.1. The molecule has 0 spiro atoms. The van der Waals surface area contributed by atoms with Gasteiger partial charge < -0.3 is 4.18 Å². The van der Waals surface area contributed by atoms with E-state index in [0.29, 0.717) is 11.1 Å². The summed E-state index contributed by atoms with van der Waals surface area (Å²) in [6.45, 7) is 1.40. The molecule has 0 aliphatic rings. The van der Waals surface area contributed by atoms with E-state index in [1.807, 2.05) is 6.07 Å². The second-order valence-corrected chi connectivity index (χ2v) is 5.80. The second kappa shape index (κ2) is 5.77. The molecule has 106 valence electrons. The van der Waals surface area contributed by atoms with Crippen LogP contribution in [0.5, 0.6) is 5.75 Å². The van der Waals surface area contributed by atoms with Gasteiger partial charge in [-0.05, 0) is 37.3 Å². The number of hydrogen-bond acceptors (Lipinski definition) is 5. The van der Waals surface area contributed by atoms with Crippen molar-refractivity contribution in [2.45, 2.75) is 11.8 Å². The van der Waals surface area contributed by atoms with Gasteiger partial charge in [0.25, 0.3) is 0 Å². The molecule has 2 rings (SSSR count). The Morgan fingerprint density at radius 3 is 2.38 bits per heavy atom. The molecule has 0 aliphatic carbocycles. The number of nitriles is 1. The van der Waals surface area contributed by atoms with Gasteiger partial charge in [0.1, 0.15) is 10.6 Å². The van der Waals surface area contributed by atoms with Crippen LogP contribution >= 0.6 is 0 Å². The maximum absolute atomic E-state index is 12.1. The van der Waals surface area contributed by atoms with Crippen LogP contribution in [0, 0.1) is 11.3 Å². The number of rotatable bonds is 4. The smallest absolute Gasteiger partial charge is 0.339 e. The highest BCUT2D eigenvalue weighted by Gasteiger charge is 2.17. The molecule has 0 fully saturated rings. The summed E-state index contributed by atoms with van der Waals surface area (Å²) in [5.74, 6) is -0.0914. The number of hydrogen-bond donors (Lipinski definition) is 0. The van der Waals surface area contributed by atoms with Crippen molar-refractivity contribution in [1.82, 2.24) is 0 Å². The molecule has 0 saturated heterocycles. The van der Waals surface area contributed by atoms with Gasteiger partial charge in [0.15, 0.2) is 5.78 Å². The number of carbonyl (C=O) groups is 1. The molecule has 0 unspecified atom stereocenters. The molecule has 2 aromatic carbocycles. The summed E-state index contributed by atoms with van der Waals surface area (Å²) in [5, 5.41) is 8.77. The average molecular weight is 301 g/mol. The van der Waals surface area contributed by atoms with Crippen LogP contribution in [0.15, 0.2) is 53.4 Å². The summed E-state index contributed by atoms with van der Waals surface area (Å²) < 4.78 is 29.2. The molecule has 0 aliphatic heterocycles. The molecule has 0 radical (unpaired) electrons. The Morgan fingerprint density at radius 1 is 1.14 bits per heavy atom. The van der Waals surface area contributed by atoms with Gasteiger partial charge in [-0.2, -0.15) is 13.7 Å². The van der Waals surface area contributed by atoms with Crippen LogP contribution in [0.3, 0.4) is 0 Å². The van der Waals surface area contributed by atoms with Gasteiger partial charge in [-0.3, -0.25) is 4.79 Å². The monoisotopic (exact) mass is 301 g/mol. The molecule has 0 atom stereocenters. The van der Waals surface area contributed by atoms with E-state index in [2.05, 4.69) is 0 Å². The lowest BCUT2D eigenvalue weighted by molar-refractivity contribution is 0.101. The van der Waals surface area contributed by atoms with Crippen LogP contribution in [0.25, 0.3) is 0 Å². The second-order valence-electron chi connectivity index (χ2n) is 4.26. The van der Waals surface area contributed by atoms with Crippen molar-refractivity contribution in [3.05, 3.63) is 59.7 Å². The van der Waals surface area contributed by atoms with Crippen molar-refractivity contribution in [2.24, 2.45) is 0 Å². The minimum atomic E-state index is -4.00. The third-order valence-electron chi connectivity index (χ3n) is 2.72. The molecular weight excluding hydrogens is 290 g/mol. The maximum Gasteiger partial charge on any atom is 0.339 e. The minimum absolute atomic E-state index is 0.0599. The molecule has 0 aromatic heterocycles. The Bertz CT molecular complexity index is 817. The van der Waals surface area contributed by atoms with Gasteiger partial charge in [-0.1, -0.05) is 18.2 Å². The van der Waals surface area contributed by atoms with Gasteiger partial charge in [-0.25, -0.2) is 0 Å². The fourth-order valence-corrected chi connectivity index (χ4v) is 2.57. The van der Waals surface area contributed by atoms with Crippen molar-refractivity contribution in [3.8, 4) is 11.8 Å². The Morgan fingerprint density at radius 2 is 1.81 bits per heavy atom. The summed E-state index contributed by atoms with van der Waals surface area (Å²) in [5.41, 5.74) is 0.718. The normalized spacial score (nSPS) is 10.7. The average Bonchev–Trinajstić information content (AvgIpc) is 2.47. The van der Waals surface area contributed by atoms with E-state index in [1.165, 1.54) is 49.4 Å². The van der Waals surface area contributed by atoms with Crippen molar-refractivity contribution in [1.29, 1.82) is 5.26 Å². The SMILES string of the molecule is CC(=O)c1ccc(S(=O)(=O)Oc2cccc(C#N)c2)cc1. The molecule has 2 aromatic rings.